The number of hydrogen-bond acceptors (Lipinski definition) is 3. The van der Waals surface area contributed by atoms with Crippen LogP contribution >= 0.6 is 0 Å². The van der Waals surface area contributed by atoms with E-state index in [2.05, 4.69) is 4.74 Å². The maximum absolute atomic E-state index is 13.4. The number of hydrogen-bond donors (Lipinski definition) is 1. The molecule has 0 aromatic carbocycles. The summed E-state index contributed by atoms with van der Waals surface area (Å²) in [5.41, 5.74) is -2.71. The third-order valence-electron chi connectivity index (χ3n) is 4.38. The van der Waals surface area contributed by atoms with E-state index in [9.17, 15) is 18.7 Å². The van der Waals surface area contributed by atoms with Gasteiger partial charge < -0.3 is 9.84 Å². The molecule has 0 radical (unpaired) electrons. The highest BCUT2D eigenvalue weighted by Crippen LogP contribution is 2.58. The number of esters is 1. The summed E-state index contributed by atoms with van der Waals surface area (Å²) >= 11 is 0. The summed E-state index contributed by atoms with van der Waals surface area (Å²) in [5, 5.41) is 10.5. The Bertz CT molecular complexity index is 324. The van der Waals surface area contributed by atoms with Crippen molar-refractivity contribution in [3.8, 4) is 0 Å². The molecule has 2 aliphatic rings. The van der Waals surface area contributed by atoms with Crippen LogP contribution in [-0.2, 0) is 9.53 Å². The number of carbonyl (C=O) groups is 1. The highest BCUT2D eigenvalue weighted by Gasteiger charge is 2.65. The molecule has 0 aliphatic heterocycles. The van der Waals surface area contributed by atoms with Gasteiger partial charge in [-0.05, 0) is 19.3 Å². The third-order valence-corrected chi connectivity index (χ3v) is 4.38. The summed E-state index contributed by atoms with van der Waals surface area (Å²) in [7, 11) is 1.19. The highest BCUT2D eigenvalue weighted by molar-refractivity contribution is 5.79. The van der Waals surface area contributed by atoms with Crippen LogP contribution in [0.1, 0.15) is 44.9 Å². The van der Waals surface area contributed by atoms with E-state index in [-0.39, 0.29) is 12.8 Å². The molecule has 98 valence electrons. The number of rotatable bonds is 2. The van der Waals surface area contributed by atoms with E-state index in [1.54, 1.807) is 0 Å². The first-order chi connectivity index (χ1) is 7.85. The topological polar surface area (TPSA) is 46.5 Å². The van der Waals surface area contributed by atoms with Gasteiger partial charge in [0, 0.05) is 12.8 Å². The van der Waals surface area contributed by atoms with E-state index >= 15 is 0 Å². The second-order valence-electron chi connectivity index (χ2n) is 5.35. The predicted molar refractivity (Wildman–Crippen MR) is 56.7 cm³/mol. The van der Waals surface area contributed by atoms with Gasteiger partial charge in [-0.1, -0.05) is 12.8 Å². The zero-order valence-corrected chi connectivity index (χ0v) is 9.97. The van der Waals surface area contributed by atoms with Crippen LogP contribution in [0.4, 0.5) is 8.78 Å². The molecule has 0 saturated heterocycles. The first-order valence-corrected chi connectivity index (χ1v) is 6.04. The van der Waals surface area contributed by atoms with E-state index in [0.29, 0.717) is 12.8 Å². The summed E-state index contributed by atoms with van der Waals surface area (Å²) in [6.07, 6.45) is 1.48. The van der Waals surface area contributed by atoms with Crippen molar-refractivity contribution in [3.63, 3.8) is 0 Å². The first kappa shape index (κ1) is 12.7. The average Bonchev–Trinajstić information content (AvgIpc) is 2.83. The van der Waals surface area contributed by atoms with E-state index in [4.69, 9.17) is 0 Å². The summed E-state index contributed by atoms with van der Waals surface area (Å²) in [6.45, 7) is 0. The normalized spacial score (nSPS) is 34.8. The number of carbonyl (C=O) groups excluding carboxylic acids is 1. The van der Waals surface area contributed by atoms with E-state index in [1.807, 2.05) is 0 Å². The molecule has 1 atom stereocenters. The maximum atomic E-state index is 13.4. The third kappa shape index (κ3) is 1.84. The van der Waals surface area contributed by atoms with Crippen LogP contribution in [0.5, 0.6) is 0 Å². The molecule has 2 fully saturated rings. The number of aliphatic hydroxyl groups is 1. The molecule has 3 nitrogen and oxygen atoms in total. The number of halogens is 2. The van der Waals surface area contributed by atoms with Crippen LogP contribution in [-0.4, -0.2) is 29.7 Å². The number of ether oxygens (including phenoxy) is 1. The monoisotopic (exact) mass is 248 g/mol. The molecule has 1 unspecified atom stereocenters. The van der Waals surface area contributed by atoms with Gasteiger partial charge in [-0.3, -0.25) is 4.79 Å². The van der Waals surface area contributed by atoms with Gasteiger partial charge in [-0.2, -0.15) is 0 Å². The van der Waals surface area contributed by atoms with Crippen molar-refractivity contribution >= 4 is 5.97 Å². The van der Waals surface area contributed by atoms with E-state index in [1.165, 1.54) is 7.11 Å². The Kier molecular flexibility index (Phi) is 2.92. The molecule has 5 heteroatoms. The molecule has 2 saturated carbocycles. The second-order valence-corrected chi connectivity index (χ2v) is 5.35. The van der Waals surface area contributed by atoms with Gasteiger partial charge >= 0.3 is 5.97 Å². The smallest absolute Gasteiger partial charge is 0.314 e. The van der Waals surface area contributed by atoms with Crippen LogP contribution < -0.4 is 0 Å². The minimum Gasteiger partial charge on any atom is -0.469 e. The summed E-state index contributed by atoms with van der Waals surface area (Å²) in [5.74, 6) is -3.55. The summed E-state index contributed by atoms with van der Waals surface area (Å²) in [6, 6.07) is 0. The Labute approximate surface area is 99.1 Å². The van der Waals surface area contributed by atoms with Crippen LogP contribution in [0, 0.1) is 5.41 Å². The van der Waals surface area contributed by atoms with Gasteiger partial charge in [0.2, 0.25) is 5.92 Å². The Balaban J connectivity index is 2.35. The van der Waals surface area contributed by atoms with Gasteiger partial charge in [0.05, 0.1) is 12.7 Å². The molecule has 2 aliphatic carbocycles. The minimum absolute atomic E-state index is 0.0170. The quantitative estimate of drug-likeness (QED) is 0.762. The fourth-order valence-corrected chi connectivity index (χ4v) is 3.41. The van der Waals surface area contributed by atoms with E-state index < -0.39 is 29.3 Å². The fraction of sp³-hybridized carbons (Fsp3) is 0.917. The largest absolute Gasteiger partial charge is 0.469 e. The molecule has 0 amide bonds. The van der Waals surface area contributed by atoms with Crippen molar-refractivity contribution < 1.29 is 23.4 Å². The molecule has 0 spiro atoms. The lowest BCUT2D eigenvalue weighted by Crippen LogP contribution is -2.51. The predicted octanol–water partition coefficient (Wildman–Crippen LogP) is 2.27. The van der Waals surface area contributed by atoms with Gasteiger partial charge in [-0.15, -0.1) is 0 Å². The van der Waals surface area contributed by atoms with Crippen molar-refractivity contribution in [3.05, 3.63) is 0 Å². The van der Waals surface area contributed by atoms with Crippen molar-refractivity contribution in [1.82, 2.24) is 0 Å². The second kappa shape index (κ2) is 3.90. The van der Waals surface area contributed by atoms with Crippen LogP contribution in [0.25, 0.3) is 0 Å². The molecule has 0 bridgehead atoms. The van der Waals surface area contributed by atoms with Gasteiger partial charge in [0.1, 0.15) is 5.41 Å². The highest BCUT2D eigenvalue weighted by atomic mass is 19.3. The molecule has 2 rings (SSSR count). The van der Waals surface area contributed by atoms with Crippen LogP contribution in [0.2, 0.25) is 0 Å². The Morgan fingerprint density at radius 3 is 2.18 bits per heavy atom. The Morgan fingerprint density at radius 2 is 1.76 bits per heavy atom. The zero-order valence-electron chi connectivity index (χ0n) is 9.97. The lowest BCUT2D eigenvalue weighted by Gasteiger charge is -2.40. The van der Waals surface area contributed by atoms with Crippen molar-refractivity contribution in [2.75, 3.05) is 7.11 Å². The number of alkyl halides is 2. The van der Waals surface area contributed by atoms with Crippen molar-refractivity contribution in [2.45, 2.75) is 56.5 Å². The molecular formula is C12H18F2O3. The van der Waals surface area contributed by atoms with Crippen LogP contribution in [0.3, 0.4) is 0 Å². The molecule has 0 heterocycles. The van der Waals surface area contributed by atoms with Crippen molar-refractivity contribution in [1.29, 1.82) is 0 Å². The molecule has 0 aromatic heterocycles. The van der Waals surface area contributed by atoms with Crippen molar-refractivity contribution in [2.24, 2.45) is 5.41 Å². The Morgan fingerprint density at radius 1 is 1.18 bits per heavy atom. The Hall–Kier alpha value is -0.710. The maximum Gasteiger partial charge on any atom is 0.314 e. The molecule has 0 aromatic rings. The zero-order chi connectivity index (χ0) is 12.7. The summed E-state index contributed by atoms with van der Waals surface area (Å²) in [4.78, 5) is 11.9. The molecule has 1 N–H and O–H groups in total. The van der Waals surface area contributed by atoms with Gasteiger partial charge in [-0.25, -0.2) is 8.78 Å². The number of methoxy groups -OCH3 is 1. The fourth-order valence-electron chi connectivity index (χ4n) is 3.41. The minimum atomic E-state index is -2.87. The van der Waals surface area contributed by atoms with E-state index in [0.717, 1.165) is 12.8 Å². The van der Waals surface area contributed by atoms with Crippen LogP contribution in [0.15, 0.2) is 0 Å². The molecular weight excluding hydrogens is 230 g/mol. The average molecular weight is 248 g/mol. The molecule has 17 heavy (non-hydrogen) atoms. The van der Waals surface area contributed by atoms with Gasteiger partial charge in [0.15, 0.2) is 0 Å². The standard InChI is InChI=1S/C12H18F2O3/c1-17-9(15)10(6-7-12(13,14)8-10)11(16)4-2-3-5-11/h16H,2-8H2,1H3. The summed E-state index contributed by atoms with van der Waals surface area (Å²) < 4.78 is 31.6. The SMILES string of the molecule is COC(=O)C1(C2(O)CCCC2)CCC(F)(F)C1. The van der Waals surface area contributed by atoms with Gasteiger partial charge in [0.25, 0.3) is 0 Å². The lowest BCUT2D eigenvalue weighted by molar-refractivity contribution is -0.176. The first-order valence-electron chi connectivity index (χ1n) is 6.04. The lowest BCUT2D eigenvalue weighted by atomic mass is 9.69.